The minimum Gasteiger partial charge on any atom is -0.465 e. The molecule has 0 aliphatic heterocycles. The van der Waals surface area contributed by atoms with E-state index < -0.39 is 5.82 Å². The van der Waals surface area contributed by atoms with Crippen LogP contribution in [-0.4, -0.2) is 18.1 Å². The van der Waals surface area contributed by atoms with Gasteiger partial charge in [-0.05, 0) is 54.3 Å². The molecule has 4 rings (SSSR count). The second-order valence-electron chi connectivity index (χ2n) is 7.03. The van der Waals surface area contributed by atoms with Crippen molar-refractivity contribution < 1.29 is 18.7 Å². The number of hydrogen-bond acceptors (Lipinski definition) is 5. The molecule has 0 saturated carbocycles. The third-order valence-corrected chi connectivity index (χ3v) is 4.99. The number of aromatic nitrogens is 1. The third kappa shape index (κ3) is 4.33. The van der Waals surface area contributed by atoms with Gasteiger partial charge in [0.1, 0.15) is 11.6 Å². The van der Waals surface area contributed by atoms with Crippen molar-refractivity contribution >= 4 is 22.6 Å². The van der Waals surface area contributed by atoms with Gasteiger partial charge in [-0.2, -0.15) is 0 Å². The van der Waals surface area contributed by atoms with Gasteiger partial charge in [-0.25, -0.2) is 14.2 Å². The Balaban J connectivity index is 1.66. The Morgan fingerprint density at radius 3 is 2.45 bits per heavy atom. The van der Waals surface area contributed by atoms with Gasteiger partial charge in [-0.1, -0.05) is 36.4 Å². The standard InChI is InChI=1S/C25H21FN2O3/c1-16(17-10-12-19(13-11-17)25(29)30-2)28-24-23-18(14-15-27-24)6-5-9-22(23)31-21-8-4-3-7-20(21)26/h3-16H,1-2H3,(H,27,28)/t16-/m0/s1. The number of rotatable bonds is 6. The first kappa shape index (κ1) is 20.3. The molecule has 0 aliphatic carbocycles. The number of pyridine rings is 1. The maximum atomic E-state index is 14.1. The summed E-state index contributed by atoms with van der Waals surface area (Å²) in [6.45, 7) is 1.99. The number of carbonyl (C=O) groups is 1. The number of halogens is 1. The van der Waals surface area contributed by atoms with E-state index in [1.165, 1.54) is 13.2 Å². The first-order chi connectivity index (χ1) is 15.1. The molecule has 156 valence electrons. The molecule has 1 N–H and O–H groups in total. The van der Waals surface area contributed by atoms with Crippen LogP contribution in [0.1, 0.15) is 28.9 Å². The van der Waals surface area contributed by atoms with E-state index in [1.807, 2.05) is 37.3 Å². The summed E-state index contributed by atoms with van der Waals surface area (Å²) in [4.78, 5) is 16.2. The molecule has 0 saturated heterocycles. The van der Waals surface area contributed by atoms with E-state index in [0.717, 1.165) is 16.3 Å². The van der Waals surface area contributed by atoms with Gasteiger partial charge in [0.15, 0.2) is 11.6 Å². The Morgan fingerprint density at radius 2 is 1.71 bits per heavy atom. The van der Waals surface area contributed by atoms with Gasteiger partial charge in [0.2, 0.25) is 0 Å². The number of esters is 1. The van der Waals surface area contributed by atoms with E-state index in [2.05, 4.69) is 10.3 Å². The van der Waals surface area contributed by atoms with E-state index in [0.29, 0.717) is 17.1 Å². The molecule has 0 fully saturated rings. The first-order valence-electron chi connectivity index (χ1n) is 9.81. The van der Waals surface area contributed by atoms with E-state index in [1.54, 1.807) is 42.6 Å². The minimum atomic E-state index is -0.433. The summed E-state index contributed by atoms with van der Waals surface area (Å²) in [5, 5.41) is 5.08. The molecule has 0 amide bonds. The van der Waals surface area contributed by atoms with Gasteiger partial charge in [0, 0.05) is 12.2 Å². The number of nitrogens with one attached hydrogen (secondary N) is 1. The summed E-state index contributed by atoms with van der Waals surface area (Å²) >= 11 is 0. The monoisotopic (exact) mass is 416 g/mol. The van der Waals surface area contributed by atoms with Gasteiger partial charge in [-0.15, -0.1) is 0 Å². The van der Waals surface area contributed by atoms with Crippen LogP contribution in [0.5, 0.6) is 11.5 Å². The second-order valence-corrected chi connectivity index (χ2v) is 7.03. The Hall–Kier alpha value is -3.93. The van der Waals surface area contributed by atoms with Crippen molar-refractivity contribution in [3.63, 3.8) is 0 Å². The zero-order valence-electron chi connectivity index (χ0n) is 17.1. The molecule has 0 aliphatic rings. The summed E-state index contributed by atoms with van der Waals surface area (Å²) in [7, 11) is 1.35. The molecule has 0 bridgehead atoms. The molecule has 0 radical (unpaired) electrons. The van der Waals surface area contributed by atoms with E-state index >= 15 is 0 Å². The lowest BCUT2D eigenvalue weighted by atomic mass is 10.1. The maximum Gasteiger partial charge on any atom is 0.337 e. The molecule has 0 spiro atoms. The Labute approximate surface area is 179 Å². The molecule has 6 heteroatoms. The maximum absolute atomic E-state index is 14.1. The Bertz CT molecular complexity index is 1220. The minimum absolute atomic E-state index is 0.105. The normalized spacial score (nSPS) is 11.7. The van der Waals surface area contributed by atoms with E-state index in [-0.39, 0.29) is 17.8 Å². The van der Waals surface area contributed by atoms with Crippen LogP contribution >= 0.6 is 0 Å². The van der Waals surface area contributed by atoms with Crippen molar-refractivity contribution in [1.29, 1.82) is 0 Å². The third-order valence-electron chi connectivity index (χ3n) is 4.99. The van der Waals surface area contributed by atoms with Crippen LogP contribution in [0, 0.1) is 5.82 Å². The van der Waals surface area contributed by atoms with Gasteiger partial charge in [-0.3, -0.25) is 0 Å². The largest absolute Gasteiger partial charge is 0.465 e. The van der Waals surface area contributed by atoms with Crippen LogP contribution < -0.4 is 10.1 Å². The molecular weight excluding hydrogens is 395 g/mol. The molecule has 0 unspecified atom stereocenters. The topological polar surface area (TPSA) is 60.5 Å². The molecule has 1 aromatic heterocycles. The number of carbonyl (C=O) groups excluding carboxylic acids is 1. The predicted molar refractivity (Wildman–Crippen MR) is 118 cm³/mol. The van der Waals surface area contributed by atoms with Gasteiger partial charge < -0.3 is 14.8 Å². The van der Waals surface area contributed by atoms with Crippen LogP contribution in [0.4, 0.5) is 10.2 Å². The van der Waals surface area contributed by atoms with Crippen LogP contribution in [0.2, 0.25) is 0 Å². The summed E-state index contributed by atoms with van der Waals surface area (Å²) in [5.41, 5.74) is 1.46. The average molecular weight is 416 g/mol. The predicted octanol–water partition coefficient (Wildman–Crippen LogP) is 6.13. The summed E-state index contributed by atoms with van der Waals surface area (Å²) in [6, 6.07) is 20.8. The first-order valence-corrected chi connectivity index (χ1v) is 9.81. The number of ether oxygens (including phenoxy) is 2. The Kier molecular flexibility index (Phi) is 5.80. The number of nitrogens with zero attached hydrogens (tertiary/aromatic N) is 1. The lowest BCUT2D eigenvalue weighted by Gasteiger charge is -2.18. The number of anilines is 1. The molecule has 1 heterocycles. The highest BCUT2D eigenvalue weighted by Gasteiger charge is 2.15. The van der Waals surface area contributed by atoms with Crippen molar-refractivity contribution in [2.24, 2.45) is 0 Å². The number of methoxy groups -OCH3 is 1. The highest BCUT2D eigenvalue weighted by atomic mass is 19.1. The van der Waals surface area contributed by atoms with Crippen molar-refractivity contribution in [2.45, 2.75) is 13.0 Å². The number of hydrogen-bond donors (Lipinski definition) is 1. The zero-order valence-corrected chi connectivity index (χ0v) is 17.1. The molecular formula is C25H21FN2O3. The summed E-state index contributed by atoms with van der Waals surface area (Å²) in [5.74, 6) is 0.464. The molecule has 3 aromatic carbocycles. The highest BCUT2D eigenvalue weighted by Crippen LogP contribution is 2.36. The van der Waals surface area contributed by atoms with Crippen molar-refractivity contribution in [3.8, 4) is 11.5 Å². The number of benzene rings is 3. The number of para-hydroxylation sites is 1. The Morgan fingerprint density at radius 1 is 0.968 bits per heavy atom. The lowest BCUT2D eigenvalue weighted by molar-refractivity contribution is 0.0600. The van der Waals surface area contributed by atoms with Crippen molar-refractivity contribution in [2.75, 3.05) is 12.4 Å². The van der Waals surface area contributed by atoms with Gasteiger partial charge in [0.25, 0.3) is 0 Å². The van der Waals surface area contributed by atoms with E-state index in [9.17, 15) is 9.18 Å². The molecule has 1 atom stereocenters. The molecule has 31 heavy (non-hydrogen) atoms. The number of fused-ring (bicyclic) bond motifs is 1. The van der Waals surface area contributed by atoms with Crippen molar-refractivity contribution in [1.82, 2.24) is 4.98 Å². The smallest absolute Gasteiger partial charge is 0.337 e. The molecule has 5 nitrogen and oxygen atoms in total. The SMILES string of the molecule is COC(=O)c1ccc([C@H](C)Nc2nccc3cccc(Oc4ccccc4F)c23)cc1. The highest BCUT2D eigenvalue weighted by molar-refractivity contribution is 5.97. The van der Waals surface area contributed by atoms with Crippen LogP contribution in [0.3, 0.4) is 0 Å². The van der Waals surface area contributed by atoms with Gasteiger partial charge >= 0.3 is 5.97 Å². The average Bonchev–Trinajstić information content (AvgIpc) is 2.80. The fourth-order valence-electron chi connectivity index (χ4n) is 3.35. The molecule has 4 aromatic rings. The van der Waals surface area contributed by atoms with E-state index in [4.69, 9.17) is 9.47 Å². The lowest BCUT2D eigenvalue weighted by Crippen LogP contribution is -2.09. The fourth-order valence-corrected chi connectivity index (χ4v) is 3.35. The fraction of sp³-hybridized carbons (Fsp3) is 0.120. The van der Waals surface area contributed by atoms with Crippen LogP contribution in [0.25, 0.3) is 10.8 Å². The van der Waals surface area contributed by atoms with Crippen LogP contribution in [-0.2, 0) is 4.74 Å². The quantitative estimate of drug-likeness (QED) is 0.383. The van der Waals surface area contributed by atoms with Crippen LogP contribution in [0.15, 0.2) is 79.0 Å². The van der Waals surface area contributed by atoms with Gasteiger partial charge in [0.05, 0.1) is 18.1 Å². The summed E-state index contributed by atoms with van der Waals surface area (Å²) in [6.07, 6.45) is 1.71. The second kappa shape index (κ2) is 8.83. The summed E-state index contributed by atoms with van der Waals surface area (Å²) < 4.78 is 24.8. The van der Waals surface area contributed by atoms with Crippen molar-refractivity contribution in [3.05, 3.63) is 95.9 Å². The zero-order chi connectivity index (χ0) is 21.8.